The second-order valence-electron chi connectivity index (χ2n) is 12.2. The predicted octanol–water partition coefficient (Wildman–Crippen LogP) is 10.8. The quantitative estimate of drug-likeness (QED) is 0.214. The number of rotatable bonds is 4. The molecule has 0 spiro atoms. The molecular weight excluding hydrogens is 590 g/mol. The maximum atomic E-state index is 6.58. The number of hydrogen-bond acceptors (Lipinski definition) is 5. The number of para-hydroxylation sites is 1. The van der Waals surface area contributed by atoms with Crippen molar-refractivity contribution in [2.45, 2.75) is 6.17 Å². The van der Waals surface area contributed by atoms with Crippen LogP contribution in [-0.4, -0.2) is 11.7 Å². The summed E-state index contributed by atoms with van der Waals surface area (Å²) in [7, 11) is 0. The number of hydrogen-bond donors (Lipinski definition) is 1. The van der Waals surface area contributed by atoms with Crippen molar-refractivity contribution >= 4 is 66.3 Å². The monoisotopic (exact) mass is 617 g/mol. The molecule has 0 bridgehead atoms. The van der Waals surface area contributed by atoms with Crippen LogP contribution >= 0.6 is 0 Å². The highest BCUT2D eigenvalue weighted by Crippen LogP contribution is 2.41. The average molecular weight is 618 g/mol. The van der Waals surface area contributed by atoms with Crippen molar-refractivity contribution in [1.82, 2.24) is 5.32 Å². The van der Waals surface area contributed by atoms with E-state index >= 15 is 0 Å². The first-order chi connectivity index (χ1) is 23.8. The van der Waals surface area contributed by atoms with Crippen molar-refractivity contribution in [3.63, 3.8) is 0 Å². The van der Waals surface area contributed by atoms with Crippen LogP contribution in [-0.2, 0) is 0 Å². The molecule has 9 aromatic rings. The summed E-state index contributed by atoms with van der Waals surface area (Å²) in [5, 5.41) is 10.3. The number of nitrogens with one attached hydrogen (secondary N) is 1. The van der Waals surface area contributed by atoms with E-state index in [1.165, 1.54) is 0 Å². The summed E-state index contributed by atoms with van der Waals surface area (Å²) in [6, 6.07) is 52.1. The molecule has 5 nitrogen and oxygen atoms in total. The minimum atomic E-state index is -0.339. The Labute approximate surface area is 275 Å². The molecule has 7 aromatic carbocycles. The molecular formula is C43H27N3O2. The summed E-state index contributed by atoms with van der Waals surface area (Å²) >= 11 is 0. The van der Waals surface area contributed by atoms with Crippen molar-refractivity contribution in [2.75, 3.05) is 0 Å². The van der Waals surface area contributed by atoms with E-state index in [4.69, 9.17) is 18.8 Å². The van der Waals surface area contributed by atoms with Crippen LogP contribution < -0.4 is 5.32 Å². The van der Waals surface area contributed by atoms with Gasteiger partial charge in [-0.25, -0.2) is 9.98 Å². The van der Waals surface area contributed by atoms with E-state index in [1.807, 2.05) is 54.6 Å². The van der Waals surface area contributed by atoms with Crippen molar-refractivity contribution in [3.8, 4) is 11.1 Å². The molecule has 1 atom stereocenters. The van der Waals surface area contributed by atoms with E-state index in [2.05, 4.69) is 102 Å². The third-order valence-corrected chi connectivity index (χ3v) is 9.32. The molecule has 226 valence electrons. The zero-order valence-electron chi connectivity index (χ0n) is 25.7. The highest BCUT2D eigenvalue weighted by Gasteiger charge is 2.27. The van der Waals surface area contributed by atoms with Crippen LogP contribution in [0.5, 0.6) is 0 Å². The molecule has 1 aliphatic rings. The third-order valence-electron chi connectivity index (χ3n) is 9.32. The smallest absolute Gasteiger partial charge is 0.159 e. The van der Waals surface area contributed by atoms with Crippen LogP contribution in [0.25, 0.3) is 65.8 Å². The molecule has 2 aromatic heterocycles. The van der Waals surface area contributed by atoms with Gasteiger partial charge < -0.3 is 14.2 Å². The van der Waals surface area contributed by atoms with E-state index in [0.29, 0.717) is 5.84 Å². The summed E-state index contributed by atoms with van der Waals surface area (Å²) in [6.07, 6.45) is -0.339. The predicted molar refractivity (Wildman–Crippen MR) is 196 cm³/mol. The average Bonchev–Trinajstić information content (AvgIpc) is 3.71. The lowest BCUT2D eigenvalue weighted by Gasteiger charge is -2.25. The maximum absolute atomic E-state index is 6.58. The third kappa shape index (κ3) is 4.25. The number of aliphatic imine (C=N–C) groups is 2. The first-order valence-corrected chi connectivity index (χ1v) is 16.1. The molecule has 1 aliphatic heterocycles. The zero-order chi connectivity index (χ0) is 31.6. The Morgan fingerprint density at radius 3 is 2.04 bits per heavy atom. The first kappa shape index (κ1) is 26.7. The fourth-order valence-electron chi connectivity index (χ4n) is 7.03. The number of furan rings is 2. The Morgan fingerprint density at radius 2 is 1.19 bits per heavy atom. The molecule has 0 amide bonds. The number of amidine groups is 2. The Morgan fingerprint density at radius 1 is 0.500 bits per heavy atom. The summed E-state index contributed by atoms with van der Waals surface area (Å²) in [6.45, 7) is 0. The van der Waals surface area contributed by atoms with Gasteiger partial charge in [-0.2, -0.15) is 0 Å². The standard InChI is InChI=1S/C43H27N3O2/c1-3-11-26(12-4-1)41-44-42(27-13-5-2-6-14-27)46-43(45-41)40-31(30-19-20-33-32-17-9-10-18-35(32)47-37(33)25-30)21-22-36-39(40)34-23-28-15-7-8-16-29(28)24-38(34)48-36/h1-25,41H,(H,44,45,46). The Kier molecular flexibility index (Phi) is 5.87. The van der Waals surface area contributed by atoms with Gasteiger partial charge in [-0.15, -0.1) is 0 Å². The van der Waals surface area contributed by atoms with Gasteiger partial charge in [0.1, 0.15) is 34.3 Å². The Hall–Kier alpha value is -6.46. The van der Waals surface area contributed by atoms with E-state index in [-0.39, 0.29) is 6.17 Å². The molecule has 5 heteroatoms. The minimum absolute atomic E-state index is 0.339. The van der Waals surface area contributed by atoms with E-state index < -0.39 is 0 Å². The van der Waals surface area contributed by atoms with Gasteiger partial charge in [-0.1, -0.05) is 109 Å². The molecule has 1 unspecified atom stereocenters. The van der Waals surface area contributed by atoms with Gasteiger partial charge in [0.15, 0.2) is 5.84 Å². The maximum Gasteiger partial charge on any atom is 0.159 e. The van der Waals surface area contributed by atoms with Crippen molar-refractivity contribution in [2.24, 2.45) is 9.98 Å². The molecule has 0 aliphatic carbocycles. The van der Waals surface area contributed by atoms with Crippen LogP contribution in [0.15, 0.2) is 170 Å². The summed E-state index contributed by atoms with van der Waals surface area (Å²) < 4.78 is 12.9. The summed E-state index contributed by atoms with van der Waals surface area (Å²) in [5.74, 6) is 1.41. The van der Waals surface area contributed by atoms with Gasteiger partial charge in [0.25, 0.3) is 0 Å². The Balaban J connectivity index is 1.27. The second-order valence-corrected chi connectivity index (χ2v) is 12.2. The van der Waals surface area contributed by atoms with Crippen LogP contribution in [0, 0.1) is 0 Å². The lowest BCUT2D eigenvalue weighted by atomic mass is 9.93. The molecule has 1 N–H and O–H groups in total. The molecule has 0 fully saturated rings. The first-order valence-electron chi connectivity index (χ1n) is 16.1. The van der Waals surface area contributed by atoms with Crippen LogP contribution in [0.3, 0.4) is 0 Å². The fourth-order valence-corrected chi connectivity index (χ4v) is 7.03. The van der Waals surface area contributed by atoms with Crippen LogP contribution in [0.4, 0.5) is 0 Å². The summed E-state index contributed by atoms with van der Waals surface area (Å²) in [4.78, 5) is 10.4. The summed E-state index contributed by atoms with van der Waals surface area (Å²) in [5.41, 5.74) is 8.37. The topological polar surface area (TPSA) is 63.0 Å². The lowest BCUT2D eigenvalue weighted by molar-refractivity contribution is 0.668. The van der Waals surface area contributed by atoms with Gasteiger partial charge in [0, 0.05) is 32.7 Å². The van der Waals surface area contributed by atoms with Crippen molar-refractivity contribution < 1.29 is 8.83 Å². The molecule has 10 rings (SSSR count). The van der Waals surface area contributed by atoms with Crippen molar-refractivity contribution in [3.05, 3.63) is 168 Å². The van der Waals surface area contributed by atoms with Crippen LogP contribution in [0.1, 0.15) is 22.9 Å². The molecule has 0 radical (unpaired) electrons. The van der Waals surface area contributed by atoms with Gasteiger partial charge >= 0.3 is 0 Å². The van der Waals surface area contributed by atoms with E-state index in [9.17, 15) is 0 Å². The van der Waals surface area contributed by atoms with Gasteiger partial charge in [-0.3, -0.25) is 0 Å². The molecule has 3 heterocycles. The van der Waals surface area contributed by atoms with E-state index in [1.54, 1.807) is 0 Å². The largest absolute Gasteiger partial charge is 0.456 e. The van der Waals surface area contributed by atoms with Crippen molar-refractivity contribution in [1.29, 1.82) is 0 Å². The minimum Gasteiger partial charge on any atom is -0.456 e. The molecule has 48 heavy (non-hydrogen) atoms. The lowest BCUT2D eigenvalue weighted by Crippen LogP contribution is -2.34. The number of benzene rings is 7. The highest BCUT2D eigenvalue weighted by molar-refractivity contribution is 6.25. The Bertz CT molecular complexity index is 2760. The van der Waals surface area contributed by atoms with Gasteiger partial charge in [0.05, 0.1) is 0 Å². The highest BCUT2D eigenvalue weighted by atomic mass is 16.3. The van der Waals surface area contributed by atoms with Crippen LogP contribution in [0.2, 0.25) is 0 Å². The SMILES string of the molecule is c1ccc(C2=NC(c3ccccc3)NC(c3c(-c4ccc5c(c4)oc4ccccc45)ccc4oc5cc6ccccc6cc5c34)=N2)cc1. The number of fused-ring (bicyclic) bond motifs is 7. The zero-order valence-corrected chi connectivity index (χ0v) is 25.7. The van der Waals surface area contributed by atoms with Gasteiger partial charge in [0.2, 0.25) is 0 Å². The fraction of sp³-hybridized carbons (Fsp3) is 0.0233. The molecule has 0 saturated carbocycles. The number of nitrogens with zero attached hydrogens (tertiary/aromatic N) is 2. The molecule has 0 saturated heterocycles. The van der Waals surface area contributed by atoms with E-state index in [0.717, 1.165) is 88.3 Å². The second kappa shape index (κ2) is 10.5. The normalized spacial score (nSPS) is 14.9. The van der Waals surface area contributed by atoms with Gasteiger partial charge in [-0.05, 0) is 69.9 Å².